The van der Waals surface area contributed by atoms with Crippen molar-refractivity contribution in [2.24, 2.45) is 5.92 Å². The lowest BCUT2D eigenvalue weighted by atomic mass is 10.0. The van der Waals surface area contributed by atoms with Gasteiger partial charge in [0.05, 0.1) is 6.04 Å². The van der Waals surface area contributed by atoms with E-state index in [9.17, 15) is 4.79 Å². The number of likely N-dealkylation sites (tertiary alicyclic amines) is 1. The molecule has 6 nitrogen and oxygen atoms in total. The summed E-state index contributed by atoms with van der Waals surface area (Å²) in [6.07, 6.45) is 5.05. The summed E-state index contributed by atoms with van der Waals surface area (Å²) in [7, 11) is 0. The first kappa shape index (κ1) is 17.9. The molecular weight excluding hydrogens is 292 g/mol. The number of carbonyl (C=O) groups is 1. The SMILES string of the molecule is CCCCc1noc(C(C)N2CCC(NC(=O)C(C)C)CC2)n1. The van der Waals surface area contributed by atoms with Gasteiger partial charge in [-0.1, -0.05) is 32.3 Å². The van der Waals surface area contributed by atoms with Crippen LogP contribution in [-0.2, 0) is 11.2 Å². The number of carbonyl (C=O) groups excluding carboxylic acids is 1. The topological polar surface area (TPSA) is 71.3 Å². The lowest BCUT2D eigenvalue weighted by Crippen LogP contribution is -2.46. The van der Waals surface area contributed by atoms with Crippen LogP contribution < -0.4 is 5.32 Å². The first-order valence-electron chi connectivity index (χ1n) is 8.88. The summed E-state index contributed by atoms with van der Waals surface area (Å²) in [5.74, 6) is 1.72. The van der Waals surface area contributed by atoms with Gasteiger partial charge in [0.1, 0.15) is 0 Å². The molecule has 1 fully saturated rings. The van der Waals surface area contributed by atoms with Crippen LogP contribution in [0.2, 0.25) is 0 Å². The minimum absolute atomic E-state index is 0.0480. The van der Waals surface area contributed by atoms with E-state index >= 15 is 0 Å². The van der Waals surface area contributed by atoms with Gasteiger partial charge in [-0.15, -0.1) is 0 Å². The van der Waals surface area contributed by atoms with Crippen LogP contribution in [0.25, 0.3) is 0 Å². The largest absolute Gasteiger partial charge is 0.353 e. The summed E-state index contributed by atoms with van der Waals surface area (Å²) in [6.45, 7) is 10.0. The van der Waals surface area contributed by atoms with Crippen molar-refractivity contribution in [2.75, 3.05) is 13.1 Å². The molecule has 23 heavy (non-hydrogen) atoms. The summed E-state index contributed by atoms with van der Waals surface area (Å²) >= 11 is 0. The van der Waals surface area contributed by atoms with E-state index in [1.807, 2.05) is 13.8 Å². The molecule has 6 heteroatoms. The molecule has 1 aliphatic heterocycles. The lowest BCUT2D eigenvalue weighted by Gasteiger charge is -2.35. The molecule has 0 aliphatic carbocycles. The molecule has 0 aromatic carbocycles. The second-order valence-corrected chi connectivity index (χ2v) is 6.80. The van der Waals surface area contributed by atoms with E-state index < -0.39 is 0 Å². The summed E-state index contributed by atoms with van der Waals surface area (Å²) in [5.41, 5.74) is 0. The number of aromatic nitrogens is 2. The summed E-state index contributed by atoms with van der Waals surface area (Å²) < 4.78 is 5.43. The number of aryl methyl sites for hydroxylation is 1. The summed E-state index contributed by atoms with van der Waals surface area (Å²) in [4.78, 5) is 18.7. The van der Waals surface area contributed by atoms with Crippen molar-refractivity contribution in [1.29, 1.82) is 0 Å². The zero-order valence-corrected chi connectivity index (χ0v) is 14.8. The van der Waals surface area contributed by atoms with E-state index in [0.29, 0.717) is 5.89 Å². The molecule has 0 spiro atoms. The third-order valence-corrected chi connectivity index (χ3v) is 4.54. The van der Waals surface area contributed by atoms with E-state index in [1.54, 1.807) is 0 Å². The molecule has 1 unspecified atom stereocenters. The van der Waals surface area contributed by atoms with Crippen molar-refractivity contribution in [3.05, 3.63) is 11.7 Å². The highest BCUT2D eigenvalue weighted by Crippen LogP contribution is 2.23. The van der Waals surface area contributed by atoms with Gasteiger partial charge in [-0.3, -0.25) is 9.69 Å². The Balaban J connectivity index is 1.82. The number of piperidine rings is 1. The van der Waals surface area contributed by atoms with Crippen LogP contribution in [0.3, 0.4) is 0 Å². The van der Waals surface area contributed by atoms with E-state index in [4.69, 9.17) is 4.52 Å². The Hall–Kier alpha value is -1.43. The quantitative estimate of drug-likeness (QED) is 0.835. The van der Waals surface area contributed by atoms with Gasteiger partial charge in [0.25, 0.3) is 0 Å². The van der Waals surface area contributed by atoms with Crippen LogP contribution >= 0.6 is 0 Å². The number of unbranched alkanes of at least 4 members (excludes halogenated alkanes) is 1. The Labute approximate surface area is 139 Å². The van der Waals surface area contributed by atoms with Gasteiger partial charge >= 0.3 is 0 Å². The van der Waals surface area contributed by atoms with Crippen LogP contribution in [-0.4, -0.2) is 40.1 Å². The van der Waals surface area contributed by atoms with Crippen LogP contribution in [0.4, 0.5) is 0 Å². The molecule has 1 aromatic heterocycles. The van der Waals surface area contributed by atoms with Crippen molar-refractivity contribution in [1.82, 2.24) is 20.4 Å². The number of hydrogen-bond donors (Lipinski definition) is 1. The number of nitrogens with zero attached hydrogens (tertiary/aromatic N) is 3. The molecule has 2 heterocycles. The molecule has 0 radical (unpaired) electrons. The van der Waals surface area contributed by atoms with Gasteiger partial charge in [0, 0.05) is 31.5 Å². The average Bonchev–Trinajstić information content (AvgIpc) is 3.01. The minimum Gasteiger partial charge on any atom is -0.353 e. The highest BCUT2D eigenvalue weighted by atomic mass is 16.5. The van der Waals surface area contributed by atoms with Crippen molar-refractivity contribution in [3.63, 3.8) is 0 Å². The third kappa shape index (κ3) is 5.03. The summed E-state index contributed by atoms with van der Waals surface area (Å²) in [6, 6.07) is 0.427. The molecule has 1 aliphatic rings. The van der Waals surface area contributed by atoms with Gasteiger partial charge in [-0.25, -0.2) is 0 Å². The fraction of sp³-hybridized carbons (Fsp3) is 0.824. The molecule has 0 saturated carbocycles. The van der Waals surface area contributed by atoms with Crippen LogP contribution in [0.5, 0.6) is 0 Å². The molecule has 2 rings (SSSR count). The molecule has 1 aromatic rings. The number of nitrogens with one attached hydrogen (secondary N) is 1. The maximum Gasteiger partial charge on any atom is 0.243 e. The van der Waals surface area contributed by atoms with Gasteiger partial charge in [0.15, 0.2) is 5.82 Å². The summed E-state index contributed by atoms with van der Waals surface area (Å²) in [5, 5.41) is 7.20. The maximum absolute atomic E-state index is 11.8. The normalized spacial score (nSPS) is 18.3. The maximum atomic E-state index is 11.8. The zero-order chi connectivity index (χ0) is 16.8. The highest BCUT2D eigenvalue weighted by Gasteiger charge is 2.27. The van der Waals surface area contributed by atoms with Crippen molar-refractivity contribution < 1.29 is 9.32 Å². The fourth-order valence-corrected chi connectivity index (χ4v) is 2.83. The highest BCUT2D eigenvalue weighted by molar-refractivity contribution is 5.78. The van der Waals surface area contributed by atoms with Gasteiger partial charge in [-0.2, -0.15) is 4.98 Å². The first-order chi connectivity index (χ1) is 11.0. The second kappa shape index (κ2) is 8.43. The Morgan fingerprint density at radius 1 is 1.35 bits per heavy atom. The van der Waals surface area contributed by atoms with Crippen LogP contribution in [0, 0.1) is 5.92 Å². The molecule has 130 valence electrons. The van der Waals surface area contributed by atoms with Crippen LogP contribution in [0.15, 0.2) is 4.52 Å². The fourth-order valence-electron chi connectivity index (χ4n) is 2.83. The smallest absolute Gasteiger partial charge is 0.243 e. The second-order valence-electron chi connectivity index (χ2n) is 6.80. The predicted molar refractivity (Wildman–Crippen MR) is 88.9 cm³/mol. The van der Waals surface area contributed by atoms with E-state index in [1.165, 1.54) is 0 Å². The number of rotatable bonds is 7. The molecule has 1 amide bonds. The van der Waals surface area contributed by atoms with Crippen molar-refractivity contribution >= 4 is 5.91 Å². The monoisotopic (exact) mass is 322 g/mol. The molecule has 1 saturated heterocycles. The lowest BCUT2D eigenvalue weighted by molar-refractivity contribution is -0.125. The Morgan fingerprint density at radius 2 is 2.04 bits per heavy atom. The number of amides is 1. The standard InChI is InChI=1S/C17H30N4O2/c1-5-6-7-15-19-17(23-20-15)13(4)21-10-8-14(9-11-21)18-16(22)12(2)3/h12-14H,5-11H2,1-4H3,(H,18,22). The Kier molecular flexibility index (Phi) is 6.57. The van der Waals surface area contributed by atoms with E-state index in [-0.39, 0.29) is 23.9 Å². The van der Waals surface area contributed by atoms with E-state index in [2.05, 4.69) is 34.2 Å². The molecule has 1 N–H and O–H groups in total. The van der Waals surface area contributed by atoms with Gasteiger partial charge < -0.3 is 9.84 Å². The Bertz CT molecular complexity index is 493. The third-order valence-electron chi connectivity index (χ3n) is 4.54. The van der Waals surface area contributed by atoms with Gasteiger partial charge in [-0.05, 0) is 26.2 Å². The van der Waals surface area contributed by atoms with Crippen molar-refractivity contribution in [2.45, 2.75) is 71.9 Å². The Morgan fingerprint density at radius 3 is 2.65 bits per heavy atom. The predicted octanol–water partition coefficient (Wildman–Crippen LogP) is 2.71. The first-order valence-corrected chi connectivity index (χ1v) is 8.88. The minimum atomic E-state index is 0.0480. The van der Waals surface area contributed by atoms with Crippen LogP contribution in [0.1, 0.15) is 71.1 Å². The number of hydrogen-bond acceptors (Lipinski definition) is 5. The average molecular weight is 322 g/mol. The molecule has 1 atom stereocenters. The molecular formula is C17H30N4O2. The van der Waals surface area contributed by atoms with Gasteiger partial charge in [0.2, 0.25) is 11.8 Å². The molecule has 0 bridgehead atoms. The zero-order valence-electron chi connectivity index (χ0n) is 14.8. The van der Waals surface area contributed by atoms with E-state index in [0.717, 1.165) is 51.0 Å². The van der Waals surface area contributed by atoms with Crippen molar-refractivity contribution in [3.8, 4) is 0 Å².